The average molecular weight is 194 g/mol. The number of rotatable bonds is 3. The highest BCUT2D eigenvalue weighted by atomic mass is 16.5. The van der Waals surface area contributed by atoms with Crippen molar-refractivity contribution in [3.63, 3.8) is 0 Å². The third-order valence-electron chi connectivity index (χ3n) is 3.36. The molecule has 3 heteroatoms. The van der Waals surface area contributed by atoms with Gasteiger partial charge in [-0.3, -0.25) is 0 Å². The van der Waals surface area contributed by atoms with Crippen molar-refractivity contribution >= 4 is 5.88 Å². The minimum atomic E-state index is 0.341. The molecule has 2 rings (SSSR count). The smallest absolute Gasteiger partial charge is 0.225 e. The SMILES string of the molecule is Cc1c(CC(C)(C)C2CC2)noc1N. The fourth-order valence-electron chi connectivity index (χ4n) is 1.99. The molecule has 1 aromatic rings. The van der Waals surface area contributed by atoms with E-state index in [0.29, 0.717) is 11.3 Å². The van der Waals surface area contributed by atoms with Crippen LogP contribution in [0.2, 0.25) is 0 Å². The van der Waals surface area contributed by atoms with Crippen LogP contribution < -0.4 is 5.73 Å². The van der Waals surface area contributed by atoms with Gasteiger partial charge < -0.3 is 10.3 Å². The van der Waals surface area contributed by atoms with E-state index in [0.717, 1.165) is 23.6 Å². The summed E-state index contributed by atoms with van der Waals surface area (Å²) in [5, 5.41) is 4.01. The molecule has 0 bridgehead atoms. The van der Waals surface area contributed by atoms with Crippen molar-refractivity contribution < 1.29 is 4.52 Å². The van der Waals surface area contributed by atoms with Crippen molar-refractivity contribution in [2.24, 2.45) is 11.3 Å². The molecule has 3 nitrogen and oxygen atoms in total. The molecule has 0 atom stereocenters. The summed E-state index contributed by atoms with van der Waals surface area (Å²) in [4.78, 5) is 0. The van der Waals surface area contributed by atoms with Crippen LogP contribution in [0, 0.1) is 18.3 Å². The van der Waals surface area contributed by atoms with E-state index in [9.17, 15) is 0 Å². The van der Waals surface area contributed by atoms with E-state index >= 15 is 0 Å². The zero-order chi connectivity index (χ0) is 10.3. The lowest BCUT2D eigenvalue weighted by atomic mass is 9.82. The van der Waals surface area contributed by atoms with Crippen LogP contribution in [0.15, 0.2) is 4.52 Å². The molecule has 1 aliphatic rings. The molecule has 1 aromatic heterocycles. The topological polar surface area (TPSA) is 52.0 Å². The molecule has 1 aliphatic carbocycles. The van der Waals surface area contributed by atoms with E-state index < -0.39 is 0 Å². The maximum atomic E-state index is 5.62. The molecule has 0 aromatic carbocycles. The van der Waals surface area contributed by atoms with Crippen LogP contribution in [0.1, 0.15) is 37.9 Å². The van der Waals surface area contributed by atoms with Gasteiger partial charge in [-0.15, -0.1) is 0 Å². The quantitative estimate of drug-likeness (QED) is 0.804. The summed E-state index contributed by atoms with van der Waals surface area (Å²) in [5.74, 6) is 1.33. The summed E-state index contributed by atoms with van der Waals surface area (Å²) >= 11 is 0. The fourth-order valence-corrected chi connectivity index (χ4v) is 1.99. The van der Waals surface area contributed by atoms with Crippen LogP contribution in [0.5, 0.6) is 0 Å². The molecule has 78 valence electrons. The average Bonchev–Trinajstić information content (AvgIpc) is 2.89. The predicted octanol–water partition coefficient (Wildman–Crippen LogP) is 2.54. The first kappa shape index (κ1) is 9.56. The number of nitrogen functional groups attached to an aromatic ring is 1. The first-order valence-electron chi connectivity index (χ1n) is 5.21. The number of nitrogens with zero attached hydrogens (tertiary/aromatic N) is 1. The normalized spacial score (nSPS) is 17.4. The minimum Gasteiger partial charge on any atom is -0.367 e. The van der Waals surface area contributed by atoms with Gasteiger partial charge in [0.2, 0.25) is 5.88 Å². The minimum absolute atomic E-state index is 0.341. The first-order valence-corrected chi connectivity index (χ1v) is 5.21. The fraction of sp³-hybridized carbons (Fsp3) is 0.727. The number of nitrogens with two attached hydrogens (primary N) is 1. The molecule has 0 spiro atoms. The summed E-state index contributed by atoms with van der Waals surface area (Å²) in [6.45, 7) is 6.58. The number of hydrogen-bond donors (Lipinski definition) is 1. The molecule has 0 unspecified atom stereocenters. The molecule has 0 amide bonds. The number of hydrogen-bond acceptors (Lipinski definition) is 3. The van der Waals surface area contributed by atoms with Crippen molar-refractivity contribution in [1.82, 2.24) is 5.16 Å². The highest BCUT2D eigenvalue weighted by molar-refractivity contribution is 5.37. The largest absolute Gasteiger partial charge is 0.367 e. The summed E-state index contributed by atoms with van der Waals surface area (Å²) in [5.41, 5.74) is 8.00. The zero-order valence-corrected chi connectivity index (χ0v) is 9.13. The molecule has 0 radical (unpaired) electrons. The second kappa shape index (κ2) is 3.01. The zero-order valence-electron chi connectivity index (χ0n) is 9.13. The van der Waals surface area contributed by atoms with E-state index in [-0.39, 0.29) is 0 Å². The second-order valence-electron chi connectivity index (χ2n) is 5.06. The van der Waals surface area contributed by atoms with Crippen LogP contribution in [-0.2, 0) is 6.42 Å². The predicted molar refractivity (Wildman–Crippen MR) is 55.9 cm³/mol. The van der Waals surface area contributed by atoms with Gasteiger partial charge in [0.25, 0.3) is 0 Å². The van der Waals surface area contributed by atoms with Crippen LogP contribution in [0.4, 0.5) is 5.88 Å². The lowest BCUT2D eigenvalue weighted by Crippen LogP contribution is -2.18. The highest BCUT2D eigenvalue weighted by Crippen LogP contribution is 2.47. The Kier molecular flexibility index (Phi) is 2.05. The molecular weight excluding hydrogens is 176 g/mol. The van der Waals surface area contributed by atoms with Crippen LogP contribution in [-0.4, -0.2) is 5.16 Å². The van der Waals surface area contributed by atoms with Gasteiger partial charge in [0.05, 0.1) is 5.69 Å². The molecule has 0 aliphatic heterocycles. The van der Waals surface area contributed by atoms with E-state index in [2.05, 4.69) is 19.0 Å². The van der Waals surface area contributed by atoms with Crippen LogP contribution in [0.3, 0.4) is 0 Å². The van der Waals surface area contributed by atoms with Gasteiger partial charge >= 0.3 is 0 Å². The Morgan fingerprint density at radius 1 is 1.50 bits per heavy atom. The van der Waals surface area contributed by atoms with Gasteiger partial charge in [0.15, 0.2) is 0 Å². The number of anilines is 1. The molecule has 2 N–H and O–H groups in total. The van der Waals surface area contributed by atoms with Gasteiger partial charge in [-0.2, -0.15) is 0 Å². The third kappa shape index (κ3) is 1.63. The van der Waals surface area contributed by atoms with Gasteiger partial charge in [-0.05, 0) is 37.5 Å². The van der Waals surface area contributed by atoms with Crippen LogP contribution in [0.25, 0.3) is 0 Å². The Bertz CT molecular complexity index is 337. The monoisotopic (exact) mass is 194 g/mol. The van der Waals surface area contributed by atoms with E-state index in [1.807, 2.05) is 6.92 Å². The Balaban J connectivity index is 2.13. The maximum Gasteiger partial charge on any atom is 0.225 e. The first-order chi connectivity index (χ1) is 6.50. The summed E-state index contributed by atoms with van der Waals surface area (Å²) < 4.78 is 4.97. The van der Waals surface area contributed by atoms with Gasteiger partial charge in [0, 0.05) is 5.56 Å². The van der Waals surface area contributed by atoms with E-state index in [1.54, 1.807) is 0 Å². The Morgan fingerprint density at radius 3 is 2.57 bits per heavy atom. The maximum absolute atomic E-state index is 5.62. The van der Waals surface area contributed by atoms with Gasteiger partial charge in [0.1, 0.15) is 0 Å². The summed E-state index contributed by atoms with van der Waals surface area (Å²) in [6.07, 6.45) is 3.70. The molecule has 1 fully saturated rings. The van der Waals surface area contributed by atoms with Crippen molar-refractivity contribution in [2.75, 3.05) is 5.73 Å². The number of aromatic nitrogens is 1. The summed E-state index contributed by atoms with van der Waals surface area (Å²) in [7, 11) is 0. The lowest BCUT2D eigenvalue weighted by molar-refractivity contribution is 0.296. The van der Waals surface area contributed by atoms with Gasteiger partial charge in [-0.1, -0.05) is 19.0 Å². The Hall–Kier alpha value is -0.990. The van der Waals surface area contributed by atoms with Crippen molar-refractivity contribution in [3.05, 3.63) is 11.3 Å². The second-order valence-corrected chi connectivity index (χ2v) is 5.06. The van der Waals surface area contributed by atoms with Crippen molar-refractivity contribution in [3.8, 4) is 0 Å². The van der Waals surface area contributed by atoms with Crippen molar-refractivity contribution in [2.45, 2.75) is 40.0 Å². The molecule has 14 heavy (non-hydrogen) atoms. The highest BCUT2D eigenvalue weighted by Gasteiger charge is 2.38. The molecule has 0 saturated heterocycles. The van der Waals surface area contributed by atoms with Gasteiger partial charge in [-0.25, -0.2) is 0 Å². The van der Waals surface area contributed by atoms with Crippen molar-refractivity contribution in [1.29, 1.82) is 0 Å². The third-order valence-corrected chi connectivity index (χ3v) is 3.36. The molecular formula is C11H18N2O. The molecule has 1 heterocycles. The Morgan fingerprint density at radius 2 is 2.14 bits per heavy atom. The van der Waals surface area contributed by atoms with E-state index in [1.165, 1.54) is 12.8 Å². The standard InChI is InChI=1S/C11H18N2O/c1-7-9(13-14-10(7)12)6-11(2,3)8-4-5-8/h8H,4-6,12H2,1-3H3. The van der Waals surface area contributed by atoms with E-state index in [4.69, 9.17) is 10.3 Å². The van der Waals surface area contributed by atoms with Crippen LogP contribution >= 0.6 is 0 Å². The Labute approximate surface area is 84.7 Å². The summed E-state index contributed by atoms with van der Waals surface area (Å²) in [6, 6.07) is 0. The molecule has 1 saturated carbocycles. The lowest BCUT2D eigenvalue weighted by Gasteiger charge is -2.22.